The van der Waals surface area contributed by atoms with Crippen molar-refractivity contribution in [2.45, 2.75) is 6.92 Å². The molecule has 7 heteroatoms. The third-order valence-electron chi connectivity index (χ3n) is 2.03. The van der Waals surface area contributed by atoms with Crippen LogP contribution in [0.15, 0.2) is 24.3 Å². The van der Waals surface area contributed by atoms with E-state index >= 15 is 0 Å². The van der Waals surface area contributed by atoms with Gasteiger partial charge in [-0.2, -0.15) is 0 Å². The molecule has 0 saturated heterocycles. The van der Waals surface area contributed by atoms with E-state index in [1.807, 2.05) is 0 Å². The van der Waals surface area contributed by atoms with Crippen LogP contribution in [0.2, 0.25) is 0 Å². The molecule has 0 aliphatic heterocycles. The molecule has 0 atom stereocenters. The van der Waals surface area contributed by atoms with Crippen molar-refractivity contribution in [3.63, 3.8) is 0 Å². The van der Waals surface area contributed by atoms with Crippen LogP contribution in [0.4, 0.5) is 10.5 Å². The zero-order valence-electron chi connectivity index (χ0n) is 10.6. The molecule has 0 radical (unpaired) electrons. The van der Waals surface area contributed by atoms with E-state index in [2.05, 4.69) is 20.1 Å². The number of ether oxygens (including phenoxy) is 2. The van der Waals surface area contributed by atoms with Gasteiger partial charge in [0.05, 0.1) is 19.3 Å². The number of nitrogens with one attached hydrogen (secondary N) is 2. The van der Waals surface area contributed by atoms with E-state index in [-0.39, 0.29) is 11.7 Å². The summed E-state index contributed by atoms with van der Waals surface area (Å²) in [5.74, 6) is -0.451. The van der Waals surface area contributed by atoms with Gasteiger partial charge in [-0.25, -0.2) is 9.59 Å². The molecule has 0 aliphatic rings. The zero-order chi connectivity index (χ0) is 14.3. The molecule has 0 spiro atoms. The number of thiocarbonyl (C=S) groups is 1. The van der Waals surface area contributed by atoms with Crippen molar-refractivity contribution in [2.75, 3.05) is 19.0 Å². The molecule has 102 valence electrons. The maximum Gasteiger partial charge on any atom is 0.413 e. The van der Waals surface area contributed by atoms with Gasteiger partial charge < -0.3 is 14.8 Å². The molecule has 0 bridgehead atoms. The van der Waals surface area contributed by atoms with Gasteiger partial charge in [-0.15, -0.1) is 0 Å². The van der Waals surface area contributed by atoms with Gasteiger partial charge in [0, 0.05) is 5.69 Å². The summed E-state index contributed by atoms with van der Waals surface area (Å²) in [5.41, 5.74) is 0.941. The van der Waals surface area contributed by atoms with Crippen LogP contribution in [-0.4, -0.2) is 30.9 Å². The number of carbonyl (C=O) groups excluding carboxylic acids is 2. The molecule has 0 unspecified atom stereocenters. The summed E-state index contributed by atoms with van der Waals surface area (Å²) in [6.45, 7) is 1.95. The van der Waals surface area contributed by atoms with Crippen LogP contribution in [0.25, 0.3) is 0 Å². The summed E-state index contributed by atoms with van der Waals surface area (Å²) < 4.78 is 9.28. The lowest BCUT2D eigenvalue weighted by atomic mass is 10.2. The standard InChI is InChI=1S/C12H14N2O4S/c1-3-18-12(16)14-11(19)13-9-6-4-5-8(7-9)10(15)17-2/h4-7H,3H2,1-2H3,(H2,13,14,16,19). The third-order valence-corrected chi connectivity index (χ3v) is 2.24. The Hall–Kier alpha value is -2.15. The monoisotopic (exact) mass is 282 g/mol. The number of anilines is 1. The van der Waals surface area contributed by atoms with Crippen molar-refractivity contribution in [2.24, 2.45) is 0 Å². The van der Waals surface area contributed by atoms with Crippen LogP contribution in [0.3, 0.4) is 0 Å². The highest BCUT2D eigenvalue weighted by Gasteiger charge is 2.08. The van der Waals surface area contributed by atoms with Gasteiger partial charge in [0.25, 0.3) is 0 Å². The van der Waals surface area contributed by atoms with Crippen LogP contribution in [0.1, 0.15) is 17.3 Å². The second kappa shape index (κ2) is 7.32. The molecule has 0 aliphatic carbocycles. The van der Waals surface area contributed by atoms with Crippen LogP contribution < -0.4 is 10.6 Å². The largest absolute Gasteiger partial charge is 0.465 e. The predicted molar refractivity (Wildman–Crippen MR) is 74.2 cm³/mol. The van der Waals surface area contributed by atoms with Crippen molar-refractivity contribution in [3.8, 4) is 0 Å². The van der Waals surface area contributed by atoms with Gasteiger partial charge in [-0.1, -0.05) is 6.07 Å². The van der Waals surface area contributed by atoms with Crippen molar-refractivity contribution in [1.29, 1.82) is 0 Å². The fourth-order valence-corrected chi connectivity index (χ4v) is 1.47. The number of hydrogen-bond donors (Lipinski definition) is 2. The first kappa shape index (κ1) is 14.9. The number of hydrogen-bond acceptors (Lipinski definition) is 5. The Labute approximate surface area is 116 Å². The second-order valence-corrected chi connectivity index (χ2v) is 3.78. The van der Waals surface area contributed by atoms with E-state index < -0.39 is 12.1 Å². The number of carbonyl (C=O) groups is 2. The lowest BCUT2D eigenvalue weighted by Gasteiger charge is -2.10. The Morgan fingerprint density at radius 1 is 1.37 bits per heavy atom. The third kappa shape index (κ3) is 4.92. The zero-order valence-corrected chi connectivity index (χ0v) is 11.4. The second-order valence-electron chi connectivity index (χ2n) is 3.37. The summed E-state index contributed by atoms with van der Waals surface area (Å²) in [7, 11) is 1.30. The SMILES string of the molecule is CCOC(=O)NC(=S)Nc1cccc(C(=O)OC)c1. The average Bonchev–Trinajstić information content (AvgIpc) is 2.38. The molecule has 1 rings (SSSR count). The highest BCUT2D eigenvalue weighted by Crippen LogP contribution is 2.11. The number of amides is 1. The summed E-state index contributed by atoms with van der Waals surface area (Å²) in [6.07, 6.45) is -0.635. The minimum absolute atomic E-state index is 0.0838. The Kier molecular flexibility index (Phi) is 5.74. The highest BCUT2D eigenvalue weighted by molar-refractivity contribution is 7.80. The lowest BCUT2D eigenvalue weighted by Crippen LogP contribution is -2.34. The number of alkyl carbamates (subject to hydrolysis) is 1. The Balaban J connectivity index is 2.64. The minimum Gasteiger partial charge on any atom is -0.465 e. The van der Waals surface area contributed by atoms with Gasteiger partial charge >= 0.3 is 12.1 Å². The van der Waals surface area contributed by atoms with E-state index in [4.69, 9.17) is 12.2 Å². The highest BCUT2D eigenvalue weighted by atomic mass is 32.1. The Morgan fingerprint density at radius 2 is 2.11 bits per heavy atom. The molecule has 6 nitrogen and oxygen atoms in total. The molecule has 0 aromatic heterocycles. The van der Waals surface area contributed by atoms with E-state index in [9.17, 15) is 9.59 Å². The first-order chi connectivity index (χ1) is 9.06. The predicted octanol–water partition coefficient (Wildman–Crippen LogP) is 1.92. The van der Waals surface area contributed by atoms with E-state index in [0.717, 1.165) is 0 Å². The van der Waals surface area contributed by atoms with Crippen molar-refractivity contribution in [1.82, 2.24) is 5.32 Å². The van der Waals surface area contributed by atoms with Crippen LogP contribution in [0, 0.1) is 0 Å². The smallest absolute Gasteiger partial charge is 0.413 e. The molecule has 19 heavy (non-hydrogen) atoms. The van der Waals surface area contributed by atoms with Crippen LogP contribution in [-0.2, 0) is 9.47 Å². The molecule has 1 aromatic carbocycles. The van der Waals surface area contributed by atoms with Gasteiger partial charge in [0.2, 0.25) is 0 Å². The molecule has 1 aromatic rings. The van der Waals surface area contributed by atoms with Crippen molar-refractivity contribution >= 4 is 35.1 Å². The maximum atomic E-state index is 11.3. The first-order valence-corrected chi connectivity index (χ1v) is 5.90. The molecule has 0 fully saturated rings. The first-order valence-electron chi connectivity index (χ1n) is 5.50. The quantitative estimate of drug-likeness (QED) is 0.651. The number of methoxy groups -OCH3 is 1. The number of rotatable bonds is 3. The van der Waals surface area contributed by atoms with Crippen LogP contribution >= 0.6 is 12.2 Å². The normalized spacial score (nSPS) is 9.37. The van der Waals surface area contributed by atoms with Gasteiger partial charge in [0.15, 0.2) is 5.11 Å². The molecule has 0 heterocycles. The Bertz CT molecular complexity index is 490. The molecular weight excluding hydrogens is 268 g/mol. The fourth-order valence-electron chi connectivity index (χ4n) is 1.26. The summed E-state index contributed by atoms with van der Waals surface area (Å²) in [5, 5.41) is 5.18. The summed E-state index contributed by atoms with van der Waals surface area (Å²) >= 11 is 4.92. The summed E-state index contributed by atoms with van der Waals surface area (Å²) in [4.78, 5) is 22.5. The fraction of sp³-hybridized carbons (Fsp3) is 0.250. The van der Waals surface area contributed by atoms with Crippen molar-refractivity contribution < 1.29 is 19.1 Å². The molecular formula is C12H14N2O4S. The average molecular weight is 282 g/mol. The van der Waals surface area contributed by atoms with E-state index in [1.165, 1.54) is 7.11 Å². The topological polar surface area (TPSA) is 76.7 Å². The number of esters is 1. The van der Waals surface area contributed by atoms with Gasteiger partial charge in [-0.3, -0.25) is 5.32 Å². The van der Waals surface area contributed by atoms with Crippen LogP contribution in [0.5, 0.6) is 0 Å². The minimum atomic E-state index is -0.635. The van der Waals surface area contributed by atoms with Gasteiger partial charge in [-0.05, 0) is 37.3 Å². The van der Waals surface area contributed by atoms with Crippen molar-refractivity contribution in [3.05, 3.63) is 29.8 Å². The molecule has 1 amide bonds. The van der Waals surface area contributed by atoms with E-state index in [1.54, 1.807) is 31.2 Å². The summed E-state index contributed by atoms with van der Waals surface area (Å²) in [6, 6.07) is 6.54. The molecule has 2 N–H and O–H groups in total. The van der Waals surface area contributed by atoms with Gasteiger partial charge in [0.1, 0.15) is 0 Å². The van der Waals surface area contributed by atoms with E-state index in [0.29, 0.717) is 11.3 Å². The Morgan fingerprint density at radius 3 is 2.74 bits per heavy atom. The number of benzene rings is 1. The maximum absolute atomic E-state index is 11.3. The molecule has 0 saturated carbocycles. The lowest BCUT2D eigenvalue weighted by molar-refractivity contribution is 0.0600.